The molecule has 0 saturated carbocycles. The van der Waals surface area contributed by atoms with E-state index in [2.05, 4.69) is 43.3 Å². The summed E-state index contributed by atoms with van der Waals surface area (Å²) in [6, 6.07) is 32.6. The third kappa shape index (κ3) is 23.4. The lowest BCUT2D eigenvalue weighted by Crippen LogP contribution is -2.26. The van der Waals surface area contributed by atoms with Crippen LogP contribution in [-0.4, -0.2) is 53.5 Å². The highest BCUT2D eigenvalue weighted by Crippen LogP contribution is 2.29. The molecule has 0 atom stereocenters. The van der Waals surface area contributed by atoms with E-state index in [0.717, 1.165) is 71.6 Å². The number of nitrogen functional groups attached to an aromatic ring is 1. The number of Topliss-reactive ketones (excluding diaryl/α,β-unsaturated/α-hetero) is 3. The number of carbonyl (C=O) groups is 5. The fourth-order valence-electron chi connectivity index (χ4n) is 7.02. The average molecular weight is 1020 g/mol. The first kappa shape index (κ1) is 62.9. The van der Waals surface area contributed by atoms with Gasteiger partial charge in [0.1, 0.15) is 23.0 Å². The second-order valence-corrected chi connectivity index (χ2v) is 21.3. The molecular weight excluding hydrogens is 938 g/mol. The molecule has 73 heavy (non-hydrogen) atoms. The molecule has 0 bridgehead atoms. The molecule has 0 aliphatic heterocycles. The lowest BCUT2D eigenvalue weighted by molar-refractivity contribution is -0.147. The topological polar surface area (TPSA) is 159 Å². The van der Waals surface area contributed by atoms with Gasteiger partial charge in [-0.1, -0.05) is 88.4 Å². The molecule has 5 aromatic rings. The van der Waals surface area contributed by atoms with Crippen molar-refractivity contribution in [2.45, 2.75) is 142 Å². The summed E-state index contributed by atoms with van der Waals surface area (Å²) in [6.45, 7) is 28.3. The molecule has 0 fully saturated rings. The largest absolute Gasteiger partial charge is 0.493 e. The number of hydrogen-bond acceptors (Lipinski definition) is 9. The Morgan fingerprint density at radius 2 is 0.822 bits per heavy atom. The summed E-state index contributed by atoms with van der Waals surface area (Å²) in [6.07, 6.45) is 4.92. The van der Waals surface area contributed by atoms with E-state index in [1.807, 2.05) is 92.6 Å². The van der Waals surface area contributed by atoms with Crippen LogP contribution in [0.1, 0.15) is 154 Å². The number of ether oxygens (including phenoxy) is 3. The molecule has 0 aliphatic carbocycles. The average Bonchev–Trinajstić information content (AvgIpc) is 3.32. The summed E-state index contributed by atoms with van der Waals surface area (Å²) in [4.78, 5) is 56.9. The minimum Gasteiger partial charge on any atom is -0.493 e. The Morgan fingerprint density at radius 1 is 0.493 bits per heavy atom. The Morgan fingerprint density at radius 3 is 1.15 bits per heavy atom. The molecule has 0 unspecified atom stereocenters. The quantitative estimate of drug-likeness (QED) is 0.0296. The second kappa shape index (κ2) is 30.1. The van der Waals surface area contributed by atoms with E-state index in [0.29, 0.717) is 49.5 Å². The normalized spacial score (nSPS) is 11.1. The summed E-state index contributed by atoms with van der Waals surface area (Å²) in [5.74, 6) is 2.30. The van der Waals surface area contributed by atoms with Crippen LogP contribution in [0.3, 0.4) is 0 Å². The molecule has 0 spiro atoms. The van der Waals surface area contributed by atoms with Gasteiger partial charge in [-0.05, 0) is 201 Å². The van der Waals surface area contributed by atoms with Gasteiger partial charge in [0.05, 0.1) is 25.2 Å². The number of hydrogen-bond donors (Lipinski definition) is 2. The van der Waals surface area contributed by atoms with E-state index >= 15 is 0 Å². The van der Waals surface area contributed by atoms with E-state index < -0.39 is 22.2 Å². The van der Waals surface area contributed by atoms with Crippen LogP contribution in [0.2, 0.25) is 0 Å². The van der Waals surface area contributed by atoms with Crippen molar-refractivity contribution in [2.24, 2.45) is 16.2 Å². The number of aryl methyl sites for hydroxylation is 6. The Balaban J connectivity index is 0.000000351. The monoisotopic (exact) mass is 1020 g/mol. The Hall–Kier alpha value is -6.26. The highest BCUT2D eigenvalue weighted by atomic mass is 35.5. The Kier molecular flexibility index (Phi) is 25.9. The summed E-state index contributed by atoms with van der Waals surface area (Å²) >= 11 is 5.53. The number of halogens is 1. The maximum Gasteiger partial charge on any atom is 0.309 e. The van der Waals surface area contributed by atoms with Crippen LogP contribution < -0.4 is 19.9 Å². The summed E-state index contributed by atoms with van der Waals surface area (Å²) in [5.41, 5.74) is 13.8. The molecule has 0 radical (unpaired) electrons. The van der Waals surface area contributed by atoms with Crippen molar-refractivity contribution < 1.29 is 43.3 Å². The van der Waals surface area contributed by atoms with Gasteiger partial charge >= 0.3 is 5.97 Å². The van der Waals surface area contributed by atoms with E-state index in [4.69, 9.17) is 36.7 Å². The summed E-state index contributed by atoms with van der Waals surface area (Å²) in [7, 11) is 0. The summed E-state index contributed by atoms with van der Waals surface area (Å²) < 4.78 is 17.3. The molecule has 0 aliphatic rings. The first-order valence-electron chi connectivity index (χ1n) is 25.1. The Labute approximate surface area is 441 Å². The lowest BCUT2D eigenvalue weighted by atomic mass is 9.81. The molecule has 5 rings (SSSR count). The first-order valence-corrected chi connectivity index (χ1v) is 25.5. The SMILES string of the molecule is CC(=O)c1ccc(CC(=O)C(C)(C)CCCOc2cc(C)ccc2C)cc1.CC(=O)c1ccc(N)cc1.Cc1ccc(C)c(OCCCC(C)(C)C(=O)Cl)c1.Cc1ccc(C)c(OCCCC(C)(C)C(=O)O)c1. The lowest BCUT2D eigenvalue weighted by Gasteiger charge is -2.23. The minimum absolute atomic E-state index is 0.0389. The van der Waals surface area contributed by atoms with Crippen molar-refractivity contribution in [2.75, 3.05) is 25.6 Å². The molecule has 11 heteroatoms. The van der Waals surface area contributed by atoms with E-state index in [1.165, 1.54) is 23.6 Å². The molecule has 0 amide bonds. The van der Waals surface area contributed by atoms with Crippen LogP contribution in [0.5, 0.6) is 17.2 Å². The third-order valence-corrected chi connectivity index (χ3v) is 13.1. The van der Waals surface area contributed by atoms with E-state index in [1.54, 1.807) is 57.2 Å². The minimum atomic E-state index is -0.755. The zero-order chi connectivity index (χ0) is 55.1. The van der Waals surface area contributed by atoms with Crippen LogP contribution in [0.4, 0.5) is 5.69 Å². The zero-order valence-electron chi connectivity index (χ0n) is 46.1. The molecule has 396 valence electrons. The van der Waals surface area contributed by atoms with Gasteiger partial charge < -0.3 is 25.1 Å². The molecule has 0 saturated heterocycles. The fourth-order valence-corrected chi connectivity index (χ4v) is 7.12. The van der Waals surface area contributed by atoms with Crippen LogP contribution >= 0.6 is 11.6 Å². The Bertz CT molecular complexity index is 2500. The molecule has 10 nitrogen and oxygen atoms in total. The fraction of sp³-hybridized carbons (Fsp3) is 0.435. The number of aliphatic carboxylic acids is 1. The number of rotatable bonds is 22. The van der Waals surface area contributed by atoms with Gasteiger partial charge in [-0.3, -0.25) is 24.0 Å². The van der Waals surface area contributed by atoms with Gasteiger partial charge in [0, 0.05) is 34.1 Å². The van der Waals surface area contributed by atoms with Crippen molar-refractivity contribution in [1.29, 1.82) is 0 Å². The van der Waals surface area contributed by atoms with Crippen molar-refractivity contribution in [1.82, 2.24) is 0 Å². The number of benzene rings is 5. The maximum atomic E-state index is 12.7. The highest BCUT2D eigenvalue weighted by Gasteiger charge is 2.28. The van der Waals surface area contributed by atoms with Gasteiger partial charge in [-0.25, -0.2) is 0 Å². The smallest absolute Gasteiger partial charge is 0.309 e. The van der Waals surface area contributed by atoms with Crippen molar-refractivity contribution in [3.05, 3.63) is 153 Å². The predicted octanol–water partition coefficient (Wildman–Crippen LogP) is 14.8. The third-order valence-electron chi connectivity index (χ3n) is 12.6. The number of carbonyl (C=O) groups excluding carboxylic acids is 4. The molecule has 3 N–H and O–H groups in total. The maximum absolute atomic E-state index is 12.7. The first-order chi connectivity index (χ1) is 34.0. The zero-order valence-corrected chi connectivity index (χ0v) is 46.8. The van der Waals surface area contributed by atoms with Crippen molar-refractivity contribution >= 4 is 45.8 Å². The van der Waals surface area contributed by atoms with Crippen LogP contribution in [0.15, 0.2) is 103 Å². The number of anilines is 1. The van der Waals surface area contributed by atoms with Gasteiger partial charge in [-0.2, -0.15) is 0 Å². The number of nitrogens with two attached hydrogens (primary N) is 1. The second-order valence-electron chi connectivity index (χ2n) is 20.9. The molecular formula is C62H82ClNO9. The van der Waals surface area contributed by atoms with Crippen LogP contribution in [0, 0.1) is 57.8 Å². The van der Waals surface area contributed by atoms with Gasteiger partial charge in [0.2, 0.25) is 5.24 Å². The molecule has 0 aromatic heterocycles. The van der Waals surface area contributed by atoms with Crippen LogP contribution in [-0.2, 0) is 20.8 Å². The molecule has 0 heterocycles. The number of carboxylic acid groups (broad SMARTS) is 1. The van der Waals surface area contributed by atoms with E-state index in [-0.39, 0.29) is 22.6 Å². The van der Waals surface area contributed by atoms with E-state index in [9.17, 15) is 24.0 Å². The summed E-state index contributed by atoms with van der Waals surface area (Å²) in [5, 5.41) is 8.71. The van der Waals surface area contributed by atoms with Crippen molar-refractivity contribution in [3.8, 4) is 17.2 Å². The van der Waals surface area contributed by atoms with Crippen molar-refractivity contribution in [3.63, 3.8) is 0 Å². The van der Waals surface area contributed by atoms with Crippen LogP contribution in [0.25, 0.3) is 0 Å². The van der Waals surface area contributed by atoms with Gasteiger partial charge in [0.15, 0.2) is 11.6 Å². The predicted molar refractivity (Wildman–Crippen MR) is 298 cm³/mol. The molecule has 5 aromatic carbocycles. The standard InChI is InChI=1S/C24H30O3.C15H21ClO2.C15H22O3.C8H9NO/c1-17-7-8-18(2)22(15-17)27-14-6-13-24(4,5)23(26)16-20-9-11-21(12-10-20)19(3)25;2*1-11-6-7-12(2)13(10-11)18-9-5-8-15(3,4)14(16)17;1-6(10)7-2-4-8(9)5-3-7/h7-12,15H,6,13-14,16H2,1-5H3;6-7,10H,5,8-9H2,1-4H3;6-7,10H,5,8-9H2,1-4H3,(H,16,17);2-5H,9H2,1H3. The number of carboxylic acids is 1. The number of ketones is 3. The highest BCUT2D eigenvalue weighted by molar-refractivity contribution is 6.64. The van der Waals surface area contributed by atoms with Gasteiger partial charge in [0.25, 0.3) is 0 Å². The van der Waals surface area contributed by atoms with Gasteiger partial charge in [-0.15, -0.1) is 0 Å².